The van der Waals surface area contributed by atoms with E-state index in [0.717, 1.165) is 35.8 Å². The molecule has 3 heterocycles. The summed E-state index contributed by atoms with van der Waals surface area (Å²) < 4.78 is 31.2. The van der Waals surface area contributed by atoms with Crippen LogP contribution in [0.15, 0.2) is 0 Å². The summed E-state index contributed by atoms with van der Waals surface area (Å²) in [4.78, 5) is 9.38. The van der Waals surface area contributed by atoms with Gasteiger partial charge in [-0.1, -0.05) is 0 Å². The Morgan fingerprint density at radius 2 is 2.17 bits per heavy atom. The first-order chi connectivity index (χ1) is 11.4. The number of rotatable bonds is 4. The molecule has 1 aromatic rings. The zero-order valence-electron chi connectivity index (χ0n) is 14.2. The van der Waals surface area contributed by atoms with Gasteiger partial charge < -0.3 is 10.1 Å². The molecule has 0 amide bonds. The van der Waals surface area contributed by atoms with Gasteiger partial charge in [0.05, 0.1) is 30.6 Å². The van der Waals surface area contributed by atoms with Gasteiger partial charge in [-0.3, -0.25) is 0 Å². The Hall–Kier alpha value is -1.25. The minimum Gasteiger partial charge on any atom is -0.376 e. The highest BCUT2D eigenvalue weighted by Gasteiger charge is 2.47. The van der Waals surface area contributed by atoms with Gasteiger partial charge in [0, 0.05) is 30.9 Å². The van der Waals surface area contributed by atoms with Gasteiger partial charge in [0.1, 0.15) is 0 Å². The lowest BCUT2D eigenvalue weighted by molar-refractivity contribution is 0.0527. The van der Waals surface area contributed by atoms with Crippen LogP contribution in [-0.4, -0.2) is 55.2 Å². The van der Waals surface area contributed by atoms with E-state index in [9.17, 15) is 8.42 Å². The monoisotopic (exact) mass is 352 g/mol. The van der Waals surface area contributed by atoms with Crippen molar-refractivity contribution >= 4 is 16.0 Å². The molecule has 0 aromatic carbocycles. The molecule has 8 heteroatoms. The van der Waals surface area contributed by atoms with Gasteiger partial charge >= 0.3 is 0 Å². The summed E-state index contributed by atoms with van der Waals surface area (Å²) >= 11 is 0. The number of aryl methyl sites for hydroxylation is 1. The second-order valence-electron chi connectivity index (χ2n) is 7.40. The molecule has 0 unspecified atom stereocenters. The Morgan fingerprint density at radius 1 is 1.38 bits per heavy atom. The van der Waals surface area contributed by atoms with E-state index in [0.29, 0.717) is 32.3 Å². The van der Waals surface area contributed by atoms with Crippen LogP contribution in [0.2, 0.25) is 0 Å². The highest BCUT2D eigenvalue weighted by molar-refractivity contribution is 7.88. The van der Waals surface area contributed by atoms with Gasteiger partial charge in [0.25, 0.3) is 0 Å². The maximum absolute atomic E-state index is 11.9. The third kappa shape index (κ3) is 2.91. The predicted molar refractivity (Wildman–Crippen MR) is 90.4 cm³/mol. The number of sulfonamides is 1. The maximum Gasteiger partial charge on any atom is 0.223 e. The molecule has 7 nitrogen and oxygen atoms in total. The van der Waals surface area contributed by atoms with Crippen molar-refractivity contribution in [3.63, 3.8) is 0 Å². The van der Waals surface area contributed by atoms with Gasteiger partial charge in [-0.05, 0) is 32.1 Å². The number of fused-ring (bicyclic) bond motifs is 2. The van der Waals surface area contributed by atoms with Crippen LogP contribution in [0.1, 0.15) is 36.2 Å². The second-order valence-corrected chi connectivity index (χ2v) is 9.39. The lowest BCUT2D eigenvalue weighted by Gasteiger charge is -2.35. The van der Waals surface area contributed by atoms with E-state index < -0.39 is 10.0 Å². The fraction of sp³-hybridized carbons (Fsp3) is 0.750. The average molecular weight is 352 g/mol. The van der Waals surface area contributed by atoms with E-state index >= 15 is 0 Å². The van der Waals surface area contributed by atoms with Gasteiger partial charge in [0.15, 0.2) is 0 Å². The van der Waals surface area contributed by atoms with Crippen LogP contribution in [0.3, 0.4) is 0 Å². The van der Waals surface area contributed by atoms with Crippen molar-refractivity contribution in [2.45, 2.75) is 38.2 Å². The summed E-state index contributed by atoms with van der Waals surface area (Å²) in [5.74, 6) is 1.41. The Balaban J connectivity index is 1.67. The minimum atomic E-state index is -3.20. The van der Waals surface area contributed by atoms with Gasteiger partial charge in [-0.15, -0.1) is 0 Å². The number of hydrogen-bond donors (Lipinski definition) is 1. The van der Waals surface area contributed by atoms with Crippen LogP contribution >= 0.6 is 0 Å². The molecule has 2 fully saturated rings. The van der Waals surface area contributed by atoms with Crippen LogP contribution in [0.25, 0.3) is 0 Å². The van der Waals surface area contributed by atoms with Crippen LogP contribution in [-0.2, 0) is 26.8 Å². The van der Waals surface area contributed by atoms with Crippen molar-refractivity contribution in [3.05, 3.63) is 17.0 Å². The van der Waals surface area contributed by atoms with E-state index in [4.69, 9.17) is 9.72 Å². The number of nitrogens with one attached hydrogen (secondary N) is 1. The lowest BCUT2D eigenvalue weighted by Crippen LogP contribution is -2.42. The topological polar surface area (TPSA) is 84.4 Å². The molecule has 1 spiro atoms. The Bertz CT molecular complexity index is 763. The normalized spacial score (nSPS) is 27.4. The summed E-state index contributed by atoms with van der Waals surface area (Å²) in [5.41, 5.74) is 2.58. The van der Waals surface area contributed by atoms with E-state index in [-0.39, 0.29) is 5.41 Å². The molecule has 0 radical (unpaired) electrons. The SMILES string of the molecule is Cc1nc(NCC2CC2)nc2c1COC[C@@]21CCN(S(C)(=O)=O)C1. The third-order valence-corrected chi connectivity index (χ3v) is 6.62. The molecule has 1 atom stereocenters. The van der Waals surface area contributed by atoms with Crippen molar-refractivity contribution in [2.24, 2.45) is 5.92 Å². The average Bonchev–Trinajstić information content (AvgIpc) is 3.25. The smallest absolute Gasteiger partial charge is 0.223 e. The molecule has 1 aliphatic carbocycles. The largest absolute Gasteiger partial charge is 0.376 e. The molecule has 1 N–H and O–H groups in total. The Morgan fingerprint density at radius 3 is 2.83 bits per heavy atom. The number of hydrogen-bond acceptors (Lipinski definition) is 6. The van der Waals surface area contributed by atoms with Gasteiger partial charge in [0.2, 0.25) is 16.0 Å². The lowest BCUT2D eigenvalue weighted by atomic mass is 9.80. The van der Waals surface area contributed by atoms with E-state index in [1.54, 1.807) is 4.31 Å². The van der Waals surface area contributed by atoms with Crippen LogP contribution < -0.4 is 5.32 Å². The quantitative estimate of drug-likeness (QED) is 0.872. The highest BCUT2D eigenvalue weighted by atomic mass is 32.2. The fourth-order valence-corrected chi connectivity index (χ4v) is 4.59. The fourth-order valence-electron chi connectivity index (χ4n) is 3.69. The standard InChI is InChI=1S/C16H24N4O3S/c1-11-13-8-23-10-16(5-6-20(9-16)24(2,21)22)14(13)19-15(18-11)17-7-12-3-4-12/h12H,3-10H2,1-2H3,(H,17,18,19)/t16-/m0/s1. The van der Waals surface area contributed by atoms with Crippen LogP contribution in [0, 0.1) is 12.8 Å². The molecule has 4 rings (SSSR count). The Labute approximate surface area is 142 Å². The maximum atomic E-state index is 11.9. The summed E-state index contributed by atoms with van der Waals surface area (Å²) in [7, 11) is -3.20. The summed E-state index contributed by atoms with van der Waals surface area (Å²) in [6.07, 6.45) is 4.56. The number of anilines is 1. The molecule has 1 aromatic heterocycles. The summed E-state index contributed by atoms with van der Waals surface area (Å²) in [5, 5.41) is 3.35. The second kappa shape index (κ2) is 5.64. The number of aromatic nitrogens is 2. The first-order valence-corrected chi connectivity index (χ1v) is 10.4. The van der Waals surface area contributed by atoms with Crippen molar-refractivity contribution in [3.8, 4) is 0 Å². The molecule has 1 saturated carbocycles. The van der Waals surface area contributed by atoms with Crippen molar-refractivity contribution in [1.29, 1.82) is 0 Å². The third-order valence-electron chi connectivity index (χ3n) is 5.37. The van der Waals surface area contributed by atoms with Gasteiger partial charge in [-0.2, -0.15) is 0 Å². The van der Waals surface area contributed by atoms with Crippen molar-refractivity contribution in [2.75, 3.05) is 37.8 Å². The zero-order chi connectivity index (χ0) is 16.9. The van der Waals surface area contributed by atoms with Crippen LogP contribution in [0.4, 0.5) is 5.95 Å². The van der Waals surface area contributed by atoms with E-state index in [2.05, 4.69) is 10.3 Å². The molecule has 24 heavy (non-hydrogen) atoms. The number of nitrogens with zero attached hydrogens (tertiary/aromatic N) is 3. The Kier molecular flexibility index (Phi) is 3.81. The summed E-state index contributed by atoms with van der Waals surface area (Å²) in [6, 6.07) is 0. The zero-order valence-corrected chi connectivity index (χ0v) is 15.0. The van der Waals surface area contributed by atoms with Crippen molar-refractivity contribution < 1.29 is 13.2 Å². The first-order valence-electron chi connectivity index (χ1n) is 8.52. The van der Waals surface area contributed by atoms with Crippen LogP contribution in [0.5, 0.6) is 0 Å². The minimum absolute atomic E-state index is 0.347. The van der Waals surface area contributed by atoms with Gasteiger partial charge in [-0.25, -0.2) is 22.7 Å². The summed E-state index contributed by atoms with van der Waals surface area (Å²) in [6.45, 7) is 4.88. The molecule has 1 saturated heterocycles. The molecule has 2 aliphatic heterocycles. The highest BCUT2D eigenvalue weighted by Crippen LogP contribution is 2.41. The number of ether oxygens (including phenoxy) is 1. The molecule has 0 bridgehead atoms. The molecule has 132 valence electrons. The van der Waals surface area contributed by atoms with Crippen molar-refractivity contribution in [1.82, 2.24) is 14.3 Å². The molecular weight excluding hydrogens is 328 g/mol. The first kappa shape index (κ1) is 16.2. The molecule has 3 aliphatic rings. The molecular formula is C16H24N4O3S. The van der Waals surface area contributed by atoms with E-state index in [1.807, 2.05) is 6.92 Å². The predicted octanol–water partition coefficient (Wildman–Crippen LogP) is 1.04. The van der Waals surface area contributed by atoms with E-state index in [1.165, 1.54) is 19.1 Å².